The fourth-order valence-corrected chi connectivity index (χ4v) is 3.13. The highest BCUT2D eigenvalue weighted by atomic mass is 35.5. The molecule has 1 aromatic carbocycles. The third-order valence-corrected chi connectivity index (χ3v) is 4.13. The van der Waals surface area contributed by atoms with E-state index in [0.29, 0.717) is 11.3 Å². The van der Waals surface area contributed by atoms with E-state index in [0.717, 1.165) is 12.2 Å². The molecule has 1 aliphatic carbocycles. The summed E-state index contributed by atoms with van der Waals surface area (Å²) in [5.74, 6) is 1.47. The molecule has 0 bridgehead atoms. The molecule has 0 aromatic heterocycles. The summed E-state index contributed by atoms with van der Waals surface area (Å²) >= 11 is 6.51. The Balaban J connectivity index is 2.07. The number of rotatable bonds is 3. The standard InChI is InChI=1S/C16H23ClO/c1-12(2)18-14-10-8-13(9-11-14)15-6-4-3-5-7-16(15)17/h8-12,15-16H,3-7H2,1-2H3. The number of benzene rings is 1. The van der Waals surface area contributed by atoms with Crippen LogP contribution in [0.25, 0.3) is 0 Å². The Morgan fingerprint density at radius 3 is 2.39 bits per heavy atom. The second kappa shape index (κ2) is 6.47. The van der Waals surface area contributed by atoms with Gasteiger partial charge in [0.05, 0.1) is 6.10 Å². The maximum Gasteiger partial charge on any atom is 0.119 e. The zero-order valence-electron chi connectivity index (χ0n) is 11.4. The Labute approximate surface area is 115 Å². The van der Waals surface area contributed by atoms with Gasteiger partial charge in [-0.25, -0.2) is 0 Å². The first-order valence-electron chi connectivity index (χ1n) is 7.07. The first-order valence-corrected chi connectivity index (χ1v) is 7.51. The van der Waals surface area contributed by atoms with Crippen LogP contribution in [0.3, 0.4) is 0 Å². The molecule has 2 unspecified atom stereocenters. The molecule has 1 fully saturated rings. The van der Waals surface area contributed by atoms with E-state index in [1.807, 2.05) is 13.8 Å². The summed E-state index contributed by atoms with van der Waals surface area (Å²) in [5.41, 5.74) is 1.37. The zero-order chi connectivity index (χ0) is 13.0. The van der Waals surface area contributed by atoms with Gasteiger partial charge in [0, 0.05) is 11.3 Å². The molecule has 1 nitrogen and oxygen atoms in total. The van der Waals surface area contributed by atoms with Crippen molar-refractivity contribution in [2.24, 2.45) is 0 Å². The summed E-state index contributed by atoms with van der Waals surface area (Å²) in [6.45, 7) is 4.10. The van der Waals surface area contributed by atoms with Crippen LogP contribution in [0.5, 0.6) is 5.75 Å². The number of halogens is 1. The average Bonchev–Trinajstić information content (AvgIpc) is 2.54. The molecule has 0 N–H and O–H groups in total. The van der Waals surface area contributed by atoms with Crippen molar-refractivity contribution < 1.29 is 4.74 Å². The Morgan fingerprint density at radius 1 is 1.06 bits per heavy atom. The van der Waals surface area contributed by atoms with Gasteiger partial charge in [0.15, 0.2) is 0 Å². The molecule has 1 aliphatic rings. The average molecular weight is 267 g/mol. The molecule has 0 heterocycles. The van der Waals surface area contributed by atoms with Gasteiger partial charge in [0.2, 0.25) is 0 Å². The topological polar surface area (TPSA) is 9.23 Å². The molecule has 2 heteroatoms. The maximum atomic E-state index is 6.51. The predicted octanol–water partition coefficient (Wildman–Crippen LogP) is 5.13. The van der Waals surface area contributed by atoms with Gasteiger partial charge < -0.3 is 4.74 Å². The Kier molecular flexibility index (Phi) is 4.94. The van der Waals surface area contributed by atoms with Crippen molar-refractivity contribution in [3.8, 4) is 5.75 Å². The predicted molar refractivity (Wildman–Crippen MR) is 77.7 cm³/mol. The molecular weight excluding hydrogens is 244 g/mol. The van der Waals surface area contributed by atoms with E-state index >= 15 is 0 Å². The number of hydrogen-bond donors (Lipinski definition) is 0. The SMILES string of the molecule is CC(C)Oc1ccc(C2CCCCCC2Cl)cc1. The van der Waals surface area contributed by atoms with Crippen molar-refractivity contribution in [1.82, 2.24) is 0 Å². The summed E-state index contributed by atoms with van der Waals surface area (Å²) in [6, 6.07) is 8.51. The van der Waals surface area contributed by atoms with Gasteiger partial charge in [0.1, 0.15) is 5.75 Å². The van der Waals surface area contributed by atoms with Crippen LogP contribution in [0, 0.1) is 0 Å². The van der Waals surface area contributed by atoms with Gasteiger partial charge in [-0.05, 0) is 44.4 Å². The van der Waals surface area contributed by atoms with Crippen molar-refractivity contribution in [3.05, 3.63) is 29.8 Å². The van der Waals surface area contributed by atoms with Crippen LogP contribution >= 0.6 is 11.6 Å². The van der Waals surface area contributed by atoms with Gasteiger partial charge in [-0.2, -0.15) is 0 Å². The summed E-state index contributed by atoms with van der Waals surface area (Å²) < 4.78 is 5.68. The number of alkyl halides is 1. The number of hydrogen-bond acceptors (Lipinski definition) is 1. The van der Waals surface area contributed by atoms with Crippen molar-refractivity contribution in [1.29, 1.82) is 0 Å². The van der Waals surface area contributed by atoms with Crippen molar-refractivity contribution >= 4 is 11.6 Å². The Hall–Kier alpha value is -0.690. The molecular formula is C16H23ClO. The Bertz CT molecular complexity index is 358. The third-order valence-electron chi connectivity index (χ3n) is 3.61. The van der Waals surface area contributed by atoms with E-state index in [2.05, 4.69) is 24.3 Å². The molecule has 2 rings (SSSR count). The first kappa shape index (κ1) is 13.7. The van der Waals surface area contributed by atoms with E-state index in [1.54, 1.807) is 0 Å². The minimum absolute atomic E-state index is 0.231. The molecule has 0 radical (unpaired) electrons. The van der Waals surface area contributed by atoms with E-state index in [9.17, 15) is 0 Å². The van der Waals surface area contributed by atoms with Gasteiger partial charge in [-0.1, -0.05) is 31.4 Å². The lowest BCUT2D eigenvalue weighted by Gasteiger charge is -2.20. The minimum Gasteiger partial charge on any atom is -0.491 e. The fraction of sp³-hybridized carbons (Fsp3) is 0.625. The molecule has 0 spiro atoms. The zero-order valence-corrected chi connectivity index (χ0v) is 12.1. The highest BCUT2D eigenvalue weighted by Crippen LogP contribution is 2.35. The van der Waals surface area contributed by atoms with Crippen molar-refractivity contribution in [3.63, 3.8) is 0 Å². The third kappa shape index (κ3) is 3.65. The van der Waals surface area contributed by atoms with E-state index in [4.69, 9.17) is 16.3 Å². The largest absolute Gasteiger partial charge is 0.491 e. The second-order valence-electron chi connectivity index (χ2n) is 5.50. The van der Waals surface area contributed by atoms with E-state index < -0.39 is 0 Å². The maximum absolute atomic E-state index is 6.51. The molecule has 2 atom stereocenters. The molecule has 0 aliphatic heterocycles. The quantitative estimate of drug-likeness (QED) is 0.544. The molecule has 0 amide bonds. The van der Waals surface area contributed by atoms with Gasteiger partial charge >= 0.3 is 0 Å². The monoisotopic (exact) mass is 266 g/mol. The van der Waals surface area contributed by atoms with Crippen LogP contribution in [-0.2, 0) is 0 Å². The van der Waals surface area contributed by atoms with Crippen LogP contribution in [0.4, 0.5) is 0 Å². The van der Waals surface area contributed by atoms with Crippen molar-refractivity contribution in [2.45, 2.75) is 63.4 Å². The molecule has 0 saturated heterocycles. The smallest absolute Gasteiger partial charge is 0.119 e. The van der Waals surface area contributed by atoms with E-state index in [1.165, 1.54) is 31.2 Å². The Morgan fingerprint density at radius 2 is 1.72 bits per heavy atom. The number of ether oxygens (including phenoxy) is 1. The van der Waals surface area contributed by atoms with Gasteiger partial charge in [-0.15, -0.1) is 11.6 Å². The van der Waals surface area contributed by atoms with Crippen LogP contribution in [0.1, 0.15) is 57.4 Å². The van der Waals surface area contributed by atoms with Gasteiger partial charge in [0.25, 0.3) is 0 Å². The van der Waals surface area contributed by atoms with Crippen LogP contribution in [-0.4, -0.2) is 11.5 Å². The lowest BCUT2D eigenvalue weighted by molar-refractivity contribution is 0.242. The van der Waals surface area contributed by atoms with Gasteiger partial charge in [-0.3, -0.25) is 0 Å². The highest BCUT2D eigenvalue weighted by Gasteiger charge is 2.23. The highest BCUT2D eigenvalue weighted by molar-refractivity contribution is 6.21. The lowest BCUT2D eigenvalue weighted by Crippen LogP contribution is -2.11. The second-order valence-corrected chi connectivity index (χ2v) is 6.06. The molecule has 18 heavy (non-hydrogen) atoms. The normalized spacial score (nSPS) is 24.9. The minimum atomic E-state index is 0.231. The van der Waals surface area contributed by atoms with Crippen LogP contribution < -0.4 is 4.74 Å². The van der Waals surface area contributed by atoms with Crippen LogP contribution in [0.15, 0.2) is 24.3 Å². The van der Waals surface area contributed by atoms with Crippen molar-refractivity contribution in [2.75, 3.05) is 0 Å². The first-order chi connectivity index (χ1) is 8.66. The van der Waals surface area contributed by atoms with E-state index in [-0.39, 0.29) is 6.10 Å². The summed E-state index contributed by atoms with van der Waals surface area (Å²) in [7, 11) is 0. The van der Waals surface area contributed by atoms with Crippen LogP contribution in [0.2, 0.25) is 0 Å². The fourth-order valence-electron chi connectivity index (χ4n) is 2.70. The molecule has 100 valence electrons. The lowest BCUT2D eigenvalue weighted by atomic mass is 9.91. The molecule has 1 saturated carbocycles. The summed E-state index contributed by atoms with van der Waals surface area (Å²) in [6.07, 6.45) is 6.51. The summed E-state index contributed by atoms with van der Waals surface area (Å²) in [5, 5.41) is 0.296. The molecule has 1 aromatic rings. The summed E-state index contributed by atoms with van der Waals surface area (Å²) in [4.78, 5) is 0.